The second-order valence-corrected chi connectivity index (χ2v) is 7.42. The molecule has 1 aromatic heterocycles. The molecule has 23 heavy (non-hydrogen) atoms. The number of carbonyl (C=O) groups excluding carboxylic acids is 1. The summed E-state index contributed by atoms with van der Waals surface area (Å²) in [7, 11) is 1.91. The van der Waals surface area contributed by atoms with E-state index in [0.717, 1.165) is 25.1 Å². The standard InChI is InChI=1S/C20H26N2O/c1-5-16-11-12-17(21-16)18(23)22(4)14-20(13-19(20,2)3)15-9-7-6-8-10-15/h6-12,21H,5,13-14H2,1-4H3/t20-/m0/s1. The summed E-state index contributed by atoms with van der Waals surface area (Å²) < 4.78 is 0. The second-order valence-electron chi connectivity index (χ2n) is 7.42. The molecular formula is C20H26N2O. The zero-order valence-corrected chi connectivity index (χ0v) is 14.5. The van der Waals surface area contributed by atoms with Gasteiger partial charge in [0.15, 0.2) is 0 Å². The van der Waals surface area contributed by atoms with Gasteiger partial charge in [-0.1, -0.05) is 51.1 Å². The summed E-state index contributed by atoms with van der Waals surface area (Å²) in [6.45, 7) is 7.43. The van der Waals surface area contributed by atoms with E-state index < -0.39 is 0 Å². The third-order valence-electron chi connectivity index (χ3n) is 5.45. The van der Waals surface area contributed by atoms with E-state index in [1.54, 1.807) is 0 Å². The summed E-state index contributed by atoms with van der Waals surface area (Å²) in [5.41, 5.74) is 3.43. The molecule has 0 unspecified atom stereocenters. The molecule has 1 aliphatic rings. The lowest BCUT2D eigenvalue weighted by Gasteiger charge is -2.27. The normalized spacial score (nSPS) is 21.9. The van der Waals surface area contributed by atoms with Crippen molar-refractivity contribution in [2.45, 2.75) is 39.0 Å². The van der Waals surface area contributed by atoms with Crippen LogP contribution in [0.5, 0.6) is 0 Å². The van der Waals surface area contributed by atoms with Crippen LogP contribution in [0.2, 0.25) is 0 Å². The lowest BCUT2D eigenvalue weighted by atomic mass is 9.87. The van der Waals surface area contributed by atoms with Gasteiger partial charge in [0.05, 0.1) is 0 Å². The minimum Gasteiger partial charge on any atom is -0.354 e. The Morgan fingerprint density at radius 1 is 1.17 bits per heavy atom. The maximum atomic E-state index is 12.7. The monoisotopic (exact) mass is 310 g/mol. The molecule has 0 saturated heterocycles. The van der Waals surface area contributed by atoms with Crippen LogP contribution in [0.15, 0.2) is 42.5 Å². The van der Waals surface area contributed by atoms with Gasteiger partial charge in [-0.3, -0.25) is 4.79 Å². The van der Waals surface area contributed by atoms with Crippen molar-refractivity contribution in [3.63, 3.8) is 0 Å². The first-order chi connectivity index (χ1) is 10.9. The predicted octanol–water partition coefficient (Wildman–Crippen LogP) is 4.02. The summed E-state index contributed by atoms with van der Waals surface area (Å²) in [6.07, 6.45) is 2.03. The van der Waals surface area contributed by atoms with Gasteiger partial charge < -0.3 is 9.88 Å². The number of hydrogen-bond donors (Lipinski definition) is 1. The molecule has 0 bridgehead atoms. The predicted molar refractivity (Wildman–Crippen MR) is 93.6 cm³/mol. The van der Waals surface area contributed by atoms with Gasteiger partial charge in [0, 0.05) is 24.7 Å². The number of nitrogens with zero attached hydrogens (tertiary/aromatic N) is 1. The molecule has 2 aromatic rings. The van der Waals surface area contributed by atoms with Gasteiger partial charge in [-0.05, 0) is 36.0 Å². The topological polar surface area (TPSA) is 36.1 Å². The van der Waals surface area contributed by atoms with Crippen LogP contribution in [0, 0.1) is 5.41 Å². The quantitative estimate of drug-likeness (QED) is 0.889. The minimum absolute atomic E-state index is 0.0683. The van der Waals surface area contributed by atoms with Gasteiger partial charge >= 0.3 is 0 Å². The Hall–Kier alpha value is -2.03. The number of benzene rings is 1. The molecule has 3 nitrogen and oxygen atoms in total. The molecule has 3 heteroatoms. The number of carbonyl (C=O) groups is 1. The van der Waals surface area contributed by atoms with E-state index in [1.165, 1.54) is 5.56 Å². The number of aromatic amines is 1. The molecule has 1 atom stereocenters. The summed E-state index contributed by atoms with van der Waals surface area (Å²) in [5, 5.41) is 0. The number of rotatable bonds is 5. The third-order valence-corrected chi connectivity index (χ3v) is 5.45. The molecule has 1 heterocycles. The maximum Gasteiger partial charge on any atom is 0.270 e. The molecule has 1 saturated carbocycles. The van der Waals surface area contributed by atoms with Gasteiger partial charge in [-0.15, -0.1) is 0 Å². The first-order valence-electron chi connectivity index (χ1n) is 8.38. The zero-order valence-electron chi connectivity index (χ0n) is 14.5. The Balaban J connectivity index is 1.80. The fraction of sp³-hybridized carbons (Fsp3) is 0.450. The summed E-state index contributed by atoms with van der Waals surface area (Å²) >= 11 is 0. The molecule has 1 N–H and O–H groups in total. The molecular weight excluding hydrogens is 284 g/mol. The maximum absolute atomic E-state index is 12.7. The van der Waals surface area contributed by atoms with Crippen molar-refractivity contribution in [1.29, 1.82) is 0 Å². The number of amides is 1. The molecule has 1 fully saturated rings. The van der Waals surface area contributed by atoms with Crippen LogP contribution in [-0.2, 0) is 11.8 Å². The molecule has 122 valence electrons. The van der Waals surface area contributed by atoms with Gasteiger partial charge in [0.2, 0.25) is 0 Å². The van der Waals surface area contributed by atoms with Gasteiger partial charge in [0.1, 0.15) is 5.69 Å². The lowest BCUT2D eigenvalue weighted by Crippen LogP contribution is -2.36. The Labute approximate surface area is 138 Å². The smallest absolute Gasteiger partial charge is 0.270 e. The van der Waals surface area contributed by atoms with E-state index >= 15 is 0 Å². The number of nitrogens with one attached hydrogen (secondary N) is 1. The molecule has 0 aliphatic heterocycles. The Morgan fingerprint density at radius 2 is 1.83 bits per heavy atom. The summed E-state index contributed by atoms with van der Waals surface area (Å²) in [4.78, 5) is 17.8. The number of aromatic nitrogens is 1. The zero-order chi connectivity index (χ0) is 16.7. The summed E-state index contributed by atoms with van der Waals surface area (Å²) in [6, 6.07) is 14.5. The van der Waals surface area contributed by atoms with Crippen molar-refractivity contribution in [2.24, 2.45) is 5.41 Å². The largest absolute Gasteiger partial charge is 0.354 e. The van der Waals surface area contributed by atoms with Crippen molar-refractivity contribution in [3.8, 4) is 0 Å². The average Bonchev–Trinajstić information content (AvgIpc) is 2.91. The van der Waals surface area contributed by atoms with Crippen LogP contribution >= 0.6 is 0 Å². The first kappa shape index (κ1) is 15.9. The lowest BCUT2D eigenvalue weighted by molar-refractivity contribution is 0.0770. The van der Waals surface area contributed by atoms with Crippen molar-refractivity contribution >= 4 is 5.91 Å². The highest BCUT2D eigenvalue weighted by Crippen LogP contribution is 2.64. The van der Waals surface area contributed by atoms with Crippen LogP contribution < -0.4 is 0 Å². The molecule has 1 aliphatic carbocycles. The summed E-state index contributed by atoms with van der Waals surface area (Å²) in [5.74, 6) is 0.0720. The highest BCUT2D eigenvalue weighted by molar-refractivity contribution is 5.92. The van der Waals surface area contributed by atoms with E-state index in [0.29, 0.717) is 5.69 Å². The fourth-order valence-electron chi connectivity index (χ4n) is 3.77. The highest BCUT2D eigenvalue weighted by Gasteiger charge is 2.62. The molecule has 0 spiro atoms. The van der Waals surface area contributed by atoms with E-state index in [4.69, 9.17) is 0 Å². The van der Waals surface area contributed by atoms with Crippen molar-refractivity contribution < 1.29 is 4.79 Å². The Bertz CT molecular complexity index is 701. The van der Waals surface area contributed by atoms with Crippen molar-refractivity contribution in [1.82, 2.24) is 9.88 Å². The van der Waals surface area contributed by atoms with E-state index in [1.807, 2.05) is 30.1 Å². The van der Waals surface area contributed by atoms with Gasteiger partial charge in [-0.25, -0.2) is 0 Å². The molecule has 3 rings (SSSR count). The van der Waals surface area contributed by atoms with Crippen LogP contribution in [0.1, 0.15) is 48.9 Å². The molecule has 0 radical (unpaired) electrons. The average molecular weight is 310 g/mol. The van der Waals surface area contributed by atoms with Crippen LogP contribution in [0.25, 0.3) is 0 Å². The molecule has 1 aromatic carbocycles. The van der Waals surface area contributed by atoms with E-state index in [9.17, 15) is 4.79 Å². The number of H-pyrrole nitrogens is 1. The number of likely N-dealkylation sites (N-methyl/N-ethyl adjacent to an activating group) is 1. The van der Waals surface area contributed by atoms with E-state index in [-0.39, 0.29) is 16.7 Å². The Morgan fingerprint density at radius 3 is 2.35 bits per heavy atom. The fourth-order valence-corrected chi connectivity index (χ4v) is 3.77. The van der Waals surface area contributed by atoms with Crippen LogP contribution in [0.4, 0.5) is 0 Å². The van der Waals surface area contributed by atoms with Crippen LogP contribution in [0.3, 0.4) is 0 Å². The Kier molecular flexibility index (Phi) is 3.83. The first-order valence-corrected chi connectivity index (χ1v) is 8.38. The number of hydrogen-bond acceptors (Lipinski definition) is 1. The van der Waals surface area contributed by atoms with E-state index in [2.05, 4.69) is 50.0 Å². The van der Waals surface area contributed by atoms with Crippen LogP contribution in [-0.4, -0.2) is 29.4 Å². The third kappa shape index (κ3) is 2.69. The number of aryl methyl sites for hydroxylation is 1. The van der Waals surface area contributed by atoms with Gasteiger partial charge in [0.25, 0.3) is 5.91 Å². The van der Waals surface area contributed by atoms with Crippen molar-refractivity contribution in [2.75, 3.05) is 13.6 Å². The second kappa shape index (κ2) is 5.55. The minimum atomic E-state index is 0.0683. The van der Waals surface area contributed by atoms with Crippen molar-refractivity contribution in [3.05, 3.63) is 59.4 Å². The SMILES string of the molecule is CCc1ccc(C(=O)N(C)C[C@]2(c3ccccc3)CC2(C)C)[nH]1. The van der Waals surface area contributed by atoms with Gasteiger partial charge in [-0.2, -0.15) is 0 Å². The highest BCUT2D eigenvalue weighted by atomic mass is 16.2. The molecule has 1 amide bonds.